The molecule has 0 aliphatic rings. The van der Waals surface area contributed by atoms with Crippen LogP contribution in [0.3, 0.4) is 0 Å². The van der Waals surface area contributed by atoms with Crippen LogP contribution in [-0.2, 0) is 0 Å². The van der Waals surface area contributed by atoms with Crippen LogP contribution in [0.15, 0.2) is 83.8 Å². The van der Waals surface area contributed by atoms with E-state index >= 15 is 0 Å². The molecule has 0 radical (unpaired) electrons. The first kappa shape index (κ1) is 19.5. The normalized spacial score (nSPS) is 11.9. The minimum absolute atomic E-state index is 0.0901. The molecule has 2 N–H and O–H groups in total. The van der Waals surface area contributed by atoms with Gasteiger partial charge in [0.2, 0.25) is 5.43 Å². The minimum Gasteiger partial charge on any atom is -0.387 e. The van der Waals surface area contributed by atoms with Gasteiger partial charge in [-0.3, -0.25) is 9.59 Å². The molecule has 1 atom stereocenters. The topological polar surface area (TPSA) is 84.2 Å². The van der Waals surface area contributed by atoms with Gasteiger partial charge >= 0.3 is 0 Å². The number of halogens is 1. The molecule has 0 saturated carbocycles. The molecule has 0 spiro atoms. The SMILES string of the molecule is O=C(NCC(O)c1ccc2ccccc2c1)c1nn(-c2cccc(F)c2)ccc1=O. The van der Waals surface area contributed by atoms with Gasteiger partial charge in [-0.1, -0.05) is 42.5 Å². The molecule has 7 heteroatoms. The molecule has 1 amide bonds. The van der Waals surface area contributed by atoms with Crippen molar-refractivity contribution in [1.29, 1.82) is 0 Å². The second-order valence-corrected chi connectivity index (χ2v) is 6.79. The third-order valence-electron chi connectivity index (χ3n) is 4.71. The molecule has 0 fully saturated rings. The third kappa shape index (κ3) is 4.11. The summed E-state index contributed by atoms with van der Waals surface area (Å²) < 4.78 is 14.7. The number of benzene rings is 3. The van der Waals surface area contributed by atoms with Crippen molar-refractivity contribution in [2.75, 3.05) is 6.54 Å². The molecule has 0 aliphatic heterocycles. The molecule has 150 valence electrons. The molecule has 3 aromatic carbocycles. The fraction of sp³-hybridized carbons (Fsp3) is 0.0870. The average Bonchev–Trinajstić information content (AvgIpc) is 2.77. The first-order valence-electron chi connectivity index (χ1n) is 9.32. The Balaban J connectivity index is 1.50. The number of rotatable bonds is 5. The van der Waals surface area contributed by atoms with Crippen molar-refractivity contribution in [3.8, 4) is 5.69 Å². The van der Waals surface area contributed by atoms with Gasteiger partial charge in [-0.25, -0.2) is 9.07 Å². The zero-order valence-corrected chi connectivity index (χ0v) is 15.8. The Morgan fingerprint density at radius 2 is 1.83 bits per heavy atom. The Kier molecular flexibility index (Phi) is 5.36. The lowest BCUT2D eigenvalue weighted by Crippen LogP contribution is -2.33. The molecule has 30 heavy (non-hydrogen) atoms. The van der Waals surface area contributed by atoms with Crippen LogP contribution in [0.5, 0.6) is 0 Å². The first-order chi connectivity index (χ1) is 14.5. The first-order valence-corrected chi connectivity index (χ1v) is 9.32. The molecule has 6 nitrogen and oxygen atoms in total. The van der Waals surface area contributed by atoms with Crippen LogP contribution in [0, 0.1) is 5.82 Å². The highest BCUT2D eigenvalue weighted by Gasteiger charge is 2.16. The lowest BCUT2D eigenvalue weighted by atomic mass is 10.0. The number of nitrogens with one attached hydrogen (secondary N) is 1. The summed E-state index contributed by atoms with van der Waals surface area (Å²) in [5, 5.41) is 19.0. The highest BCUT2D eigenvalue weighted by Crippen LogP contribution is 2.20. The van der Waals surface area contributed by atoms with Crippen molar-refractivity contribution in [3.63, 3.8) is 0 Å². The predicted octanol–water partition coefficient (Wildman–Crippen LogP) is 2.99. The molecule has 0 bridgehead atoms. The van der Waals surface area contributed by atoms with E-state index in [2.05, 4.69) is 10.4 Å². The molecule has 1 aromatic heterocycles. The number of amides is 1. The van der Waals surface area contributed by atoms with Crippen LogP contribution >= 0.6 is 0 Å². The second-order valence-electron chi connectivity index (χ2n) is 6.79. The monoisotopic (exact) mass is 403 g/mol. The summed E-state index contributed by atoms with van der Waals surface area (Å²) in [5.41, 5.74) is 0.111. The summed E-state index contributed by atoms with van der Waals surface area (Å²) in [6.45, 7) is -0.0901. The van der Waals surface area contributed by atoms with E-state index in [0.717, 1.165) is 10.8 Å². The van der Waals surface area contributed by atoms with Gasteiger partial charge in [0.25, 0.3) is 5.91 Å². The van der Waals surface area contributed by atoms with Crippen molar-refractivity contribution in [3.05, 3.63) is 106 Å². The summed E-state index contributed by atoms with van der Waals surface area (Å²) in [5.74, 6) is -1.18. The Bertz CT molecular complexity index is 1290. The van der Waals surface area contributed by atoms with E-state index in [9.17, 15) is 19.1 Å². The van der Waals surface area contributed by atoms with Crippen molar-refractivity contribution >= 4 is 16.7 Å². The molecule has 1 unspecified atom stereocenters. The van der Waals surface area contributed by atoms with Crippen molar-refractivity contribution in [2.45, 2.75) is 6.10 Å². The van der Waals surface area contributed by atoms with E-state index in [-0.39, 0.29) is 12.2 Å². The van der Waals surface area contributed by atoms with Crippen LogP contribution in [0.2, 0.25) is 0 Å². The number of hydrogen-bond donors (Lipinski definition) is 2. The van der Waals surface area contributed by atoms with Gasteiger partial charge in [-0.2, -0.15) is 5.10 Å². The fourth-order valence-corrected chi connectivity index (χ4v) is 3.13. The van der Waals surface area contributed by atoms with Crippen LogP contribution in [0.25, 0.3) is 16.5 Å². The minimum atomic E-state index is -0.951. The predicted molar refractivity (Wildman–Crippen MR) is 111 cm³/mol. The number of hydrogen-bond acceptors (Lipinski definition) is 4. The standard InChI is InChI=1S/C23H18FN3O3/c24-18-6-3-7-19(13-18)27-11-10-20(28)22(26-27)23(30)25-14-21(29)17-9-8-15-4-1-2-5-16(15)12-17/h1-13,21,29H,14H2,(H,25,30). The maximum atomic E-state index is 13.4. The summed E-state index contributed by atoms with van der Waals surface area (Å²) in [7, 11) is 0. The van der Waals surface area contributed by atoms with Gasteiger partial charge in [-0.05, 0) is 40.6 Å². The van der Waals surface area contributed by atoms with Gasteiger partial charge in [0, 0.05) is 18.8 Å². The quantitative estimate of drug-likeness (QED) is 0.537. The molecule has 1 heterocycles. The lowest BCUT2D eigenvalue weighted by Gasteiger charge is -2.13. The van der Waals surface area contributed by atoms with Gasteiger partial charge < -0.3 is 10.4 Å². The van der Waals surface area contributed by atoms with Crippen molar-refractivity contribution in [2.24, 2.45) is 0 Å². The number of aliphatic hydroxyl groups excluding tert-OH is 1. The van der Waals surface area contributed by atoms with Gasteiger partial charge in [-0.15, -0.1) is 0 Å². The van der Waals surface area contributed by atoms with Crippen LogP contribution in [0.1, 0.15) is 22.2 Å². The number of nitrogens with zero attached hydrogens (tertiary/aromatic N) is 2. The van der Waals surface area contributed by atoms with E-state index < -0.39 is 23.3 Å². The zero-order valence-electron chi connectivity index (χ0n) is 15.8. The number of aromatic nitrogens is 2. The number of carbonyl (C=O) groups is 1. The summed E-state index contributed by atoms with van der Waals surface area (Å²) in [6.07, 6.45) is 0.408. The maximum Gasteiger partial charge on any atom is 0.275 e. The van der Waals surface area contributed by atoms with Crippen LogP contribution in [-0.4, -0.2) is 27.3 Å². The Hall–Kier alpha value is -3.84. The fourth-order valence-electron chi connectivity index (χ4n) is 3.13. The van der Waals surface area contributed by atoms with Gasteiger partial charge in [0.15, 0.2) is 5.69 Å². The molecular formula is C23H18FN3O3. The third-order valence-corrected chi connectivity index (χ3v) is 4.71. The molecule has 0 aliphatic carbocycles. The lowest BCUT2D eigenvalue weighted by molar-refractivity contribution is 0.0908. The average molecular weight is 403 g/mol. The van der Waals surface area contributed by atoms with Crippen molar-refractivity contribution < 1.29 is 14.3 Å². The van der Waals surface area contributed by atoms with Gasteiger partial charge in [0.1, 0.15) is 5.82 Å². The van der Waals surface area contributed by atoms with E-state index in [1.165, 1.54) is 35.1 Å². The summed E-state index contributed by atoms with van der Waals surface area (Å²) in [6, 6.07) is 20.1. The zero-order chi connectivity index (χ0) is 21.1. The number of fused-ring (bicyclic) bond motifs is 1. The maximum absolute atomic E-state index is 13.4. The molecule has 4 aromatic rings. The second kappa shape index (κ2) is 8.26. The van der Waals surface area contributed by atoms with E-state index in [1.54, 1.807) is 12.1 Å². The Morgan fingerprint density at radius 3 is 2.63 bits per heavy atom. The largest absolute Gasteiger partial charge is 0.387 e. The smallest absolute Gasteiger partial charge is 0.275 e. The van der Waals surface area contributed by atoms with Crippen molar-refractivity contribution in [1.82, 2.24) is 15.1 Å². The Morgan fingerprint density at radius 1 is 1.03 bits per heavy atom. The number of aliphatic hydroxyl groups is 1. The van der Waals surface area contributed by atoms with Crippen LogP contribution in [0.4, 0.5) is 4.39 Å². The highest BCUT2D eigenvalue weighted by atomic mass is 19.1. The van der Waals surface area contributed by atoms with Crippen LogP contribution < -0.4 is 10.7 Å². The summed E-state index contributed by atoms with van der Waals surface area (Å²) >= 11 is 0. The highest BCUT2D eigenvalue weighted by molar-refractivity contribution is 5.92. The van der Waals surface area contributed by atoms with E-state index in [4.69, 9.17) is 0 Å². The molecular weight excluding hydrogens is 385 g/mol. The van der Waals surface area contributed by atoms with Gasteiger partial charge in [0.05, 0.1) is 11.8 Å². The number of carbonyl (C=O) groups excluding carboxylic acids is 1. The van der Waals surface area contributed by atoms with E-state index in [1.807, 2.05) is 36.4 Å². The summed E-state index contributed by atoms with van der Waals surface area (Å²) in [4.78, 5) is 24.6. The molecule has 0 saturated heterocycles. The van der Waals surface area contributed by atoms with E-state index in [0.29, 0.717) is 11.3 Å². The Labute approximate surface area is 171 Å². The molecule has 4 rings (SSSR count).